The molecule has 0 aromatic carbocycles. The molecule has 4 heterocycles. The van der Waals surface area contributed by atoms with Crippen LogP contribution in [0.1, 0.15) is 23.5 Å². The summed E-state index contributed by atoms with van der Waals surface area (Å²) in [6, 6.07) is 10.8. The molecule has 0 aliphatic carbocycles. The summed E-state index contributed by atoms with van der Waals surface area (Å²) in [6.45, 7) is 1.56. The molecule has 0 radical (unpaired) electrons. The van der Waals surface area contributed by atoms with E-state index >= 15 is 0 Å². The highest BCUT2D eigenvalue weighted by atomic mass is 32.2. The maximum Gasteiger partial charge on any atom is 0.244 e. The van der Waals surface area contributed by atoms with Crippen LogP contribution in [0.5, 0.6) is 0 Å². The number of sulfonamides is 1. The third-order valence-electron chi connectivity index (χ3n) is 5.24. The Morgan fingerprint density at radius 2 is 2.00 bits per heavy atom. The van der Waals surface area contributed by atoms with Crippen molar-refractivity contribution in [1.82, 2.24) is 14.2 Å². The maximum atomic E-state index is 13.3. The molecule has 3 aromatic heterocycles. The van der Waals surface area contributed by atoms with Crippen LogP contribution in [-0.2, 0) is 27.9 Å². The number of piperidine rings is 1. The van der Waals surface area contributed by atoms with Crippen LogP contribution in [0.25, 0.3) is 0 Å². The lowest BCUT2D eigenvalue weighted by Gasteiger charge is -2.33. The molecular weight excluding hydrogens is 422 g/mol. The number of carbonyl (C=O) groups is 1. The molecule has 0 bridgehead atoms. The second kappa shape index (κ2) is 9.11. The van der Waals surface area contributed by atoms with Crippen molar-refractivity contribution in [3.63, 3.8) is 0 Å². The molecule has 9 heteroatoms. The fourth-order valence-corrected chi connectivity index (χ4v) is 5.80. The minimum atomic E-state index is -3.58. The number of thiophene rings is 1. The number of furan rings is 1. The van der Waals surface area contributed by atoms with E-state index in [9.17, 15) is 13.2 Å². The summed E-state index contributed by atoms with van der Waals surface area (Å²) in [6.07, 6.45) is 5.50. The number of carbonyl (C=O) groups excluding carboxylic acids is 1. The monoisotopic (exact) mass is 445 g/mol. The van der Waals surface area contributed by atoms with E-state index in [0.29, 0.717) is 39.0 Å². The zero-order valence-corrected chi connectivity index (χ0v) is 18.0. The molecule has 7 nitrogen and oxygen atoms in total. The molecule has 1 aliphatic heterocycles. The highest BCUT2D eigenvalue weighted by Crippen LogP contribution is 2.26. The molecule has 3 aromatic rings. The van der Waals surface area contributed by atoms with Gasteiger partial charge in [0.05, 0.1) is 19.4 Å². The Morgan fingerprint density at radius 1 is 1.17 bits per heavy atom. The van der Waals surface area contributed by atoms with E-state index in [-0.39, 0.29) is 16.7 Å². The predicted octanol–water partition coefficient (Wildman–Crippen LogP) is 3.37. The van der Waals surface area contributed by atoms with Gasteiger partial charge in [0.15, 0.2) is 0 Å². The van der Waals surface area contributed by atoms with E-state index in [0.717, 1.165) is 10.6 Å². The van der Waals surface area contributed by atoms with Gasteiger partial charge < -0.3 is 9.32 Å². The van der Waals surface area contributed by atoms with Crippen LogP contribution in [0.2, 0.25) is 0 Å². The Kier molecular flexibility index (Phi) is 6.31. The van der Waals surface area contributed by atoms with Gasteiger partial charge in [0.25, 0.3) is 0 Å². The number of amides is 1. The Labute approximate surface area is 180 Å². The molecule has 1 saturated heterocycles. The molecule has 1 aliphatic rings. The van der Waals surface area contributed by atoms with Gasteiger partial charge in [-0.15, -0.1) is 11.3 Å². The summed E-state index contributed by atoms with van der Waals surface area (Å²) in [5.74, 6) is 0.565. The number of hydrogen-bond acceptors (Lipinski definition) is 6. The molecule has 4 rings (SSSR count). The van der Waals surface area contributed by atoms with Crippen molar-refractivity contribution in [2.24, 2.45) is 5.92 Å². The van der Waals surface area contributed by atoms with Crippen molar-refractivity contribution in [3.8, 4) is 0 Å². The van der Waals surface area contributed by atoms with Crippen molar-refractivity contribution in [3.05, 3.63) is 71.1 Å². The standard InChI is InChI=1S/C21H23N3O4S2/c25-21(23(15-18-4-2-12-28-18)16-19-5-3-13-29-19)17-7-10-24(11-8-17)30(26,27)20-6-1-9-22-14-20/h1-6,9,12-14,17H,7-8,10-11,15-16H2. The Hall–Kier alpha value is -2.49. The Balaban J connectivity index is 1.43. The van der Waals surface area contributed by atoms with Gasteiger partial charge in [-0.25, -0.2) is 8.42 Å². The zero-order valence-electron chi connectivity index (χ0n) is 16.4. The van der Waals surface area contributed by atoms with Gasteiger partial charge in [-0.2, -0.15) is 4.31 Å². The molecule has 1 fully saturated rings. The summed E-state index contributed by atoms with van der Waals surface area (Å²) in [5, 5.41) is 1.99. The summed E-state index contributed by atoms with van der Waals surface area (Å²) in [7, 11) is -3.58. The van der Waals surface area contributed by atoms with Crippen LogP contribution in [0.4, 0.5) is 0 Å². The number of hydrogen-bond donors (Lipinski definition) is 0. The van der Waals surface area contributed by atoms with Gasteiger partial charge in [-0.05, 0) is 48.6 Å². The molecule has 1 amide bonds. The topological polar surface area (TPSA) is 83.7 Å². The minimum Gasteiger partial charge on any atom is -0.467 e. The molecule has 30 heavy (non-hydrogen) atoms. The summed E-state index contributed by atoms with van der Waals surface area (Å²) in [4.78, 5) is 20.3. The average molecular weight is 446 g/mol. The van der Waals surface area contributed by atoms with Gasteiger partial charge in [0.1, 0.15) is 10.7 Å². The fourth-order valence-electron chi connectivity index (χ4n) is 3.64. The van der Waals surface area contributed by atoms with E-state index in [4.69, 9.17) is 4.42 Å². The lowest BCUT2D eigenvalue weighted by Crippen LogP contribution is -2.44. The van der Waals surface area contributed by atoms with Crippen LogP contribution in [0, 0.1) is 5.92 Å². The quantitative estimate of drug-likeness (QED) is 0.557. The third kappa shape index (κ3) is 4.63. The largest absolute Gasteiger partial charge is 0.467 e. The Bertz CT molecular complexity index is 1010. The van der Waals surface area contributed by atoms with E-state index in [1.165, 1.54) is 10.5 Å². The van der Waals surface area contributed by atoms with Crippen molar-refractivity contribution in [2.75, 3.05) is 13.1 Å². The first-order chi connectivity index (χ1) is 14.5. The van der Waals surface area contributed by atoms with Crippen LogP contribution >= 0.6 is 11.3 Å². The van der Waals surface area contributed by atoms with E-state index < -0.39 is 10.0 Å². The second-order valence-corrected chi connectivity index (χ2v) is 10.2. The summed E-state index contributed by atoms with van der Waals surface area (Å²) in [5.41, 5.74) is 0. The van der Waals surface area contributed by atoms with Gasteiger partial charge in [-0.3, -0.25) is 9.78 Å². The van der Waals surface area contributed by atoms with Crippen molar-refractivity contribution >= 4 is 27.3 Å². The first kappa shape index (κ1) is 20.8. The normalized spacial score (nSPS) is 15.9. The minimum absolute atomic E-state index is 0.0400. The first-order valence-corrected chi connectivity index (χ1v) is 12.1. The van der Waals surface area contributed by atoms with E-state index in [2.05, 4.69) is 4.98 Å². The average Bonchev–Trinajstić information content (AvgIpc) is 3.48. The van der Waals surface area contributed by atoms with Gasteiger partial charge in [0, 0.05) is 36.3 Å². The molecule has 0 saturated carbocycles. The highest BCUT2D eigenvalue weighted by molar-refractivity contribution is 7.89. The molecular formula is C21H23N3O4S2. The van der Waals surface area contributed by atoms with Gasteiger partial charge >= 0.3 is 0 Å². The van der Waals surface area contributed by atoms with Gasteiger partial charge in [-0.1, -0.05) is 6.07 Å². The fraction of sp³-hybridized carbons (Fsp3) is 0.333. The van der Waals surface area contributed by atoms with Crippen LogP contribution < -0.4 is 0 Å². The first-order valence-electron chi connectivity index (χ1n) is 9.78. The zero-order chi connectivity index (χ0) is 21.0. The molecule has 158 valence electrons. The van der Waals surface area contributed by atoms with Gasteiger partial charge in [0.2, 0.25) is 15.9 Å². The lowest BCUT2D eigenvalue weighted by atomic mass is 9.96. The van der Waals surface area contributed by atoms with Crippen molar-refractivity contribution in [2.45, 2.75) is 30.8 Å². The van der Waals surface area contributed by atoms with Crippen molar-refractivity contribution < 1.29 is 17.6 Å². The van der Waals surface area contributed by atoms with Crippen LogP contribution in [0.15, 0.2) is 69.7 Å². The Morgan fingerprint density at radius 3 is 2.63 bits per heavy atom. The van der Waals surface area contributed by atoms with Crippen molar-refractivity contribution in [1.29, 1.82) is 0 Å². The number of aromatic nitrogens is 1. The van der Waals surface area contributed by atoms with Crippen LogP contribution in [-0.4, -0.2) is 41.6 Å². The lowest BCUT2D eigenvalue weighted by molar-refractivity contribution is -0.138. The van der Waals surface area contributed by atoms with E-state index in [1.807, 2.05) is 29.6 Å². The smallest absolute Gasteiger partial charge is 0.244 e. The molecule has 0 N–H and O–H groups in total. The highest BCUT2D eigenvalue weighted by Gasteiger charge is 2.34. The number of pyridine rings is 1. The van der Waals surface area contributed by atoms with Crippen LogP contribution in [0.3, 0.4) is 0 Å². The molecule has 0 spiro atoms. The SMILES string of the molecule is O=C(C1CCN(S(=O)(=O)c2cccnc2)CC1)N(Cc1ccco1)Cc1cccs1. The molecule has 0 unspecified atom stereocenters. The molecule has 0 atom stereocenters. The predicted molar refractivity (Wildman–Crippen MR) is 113 cm³/mol. The maximum absolute atomic E-state index is 13.3. The summed E-state index contributed by atoms with van der Waals surface area (Å²) >= 11 is 1.61. The third-order valence-corrected chi connectivity index (χ3v) is 7.98. The number of rotatable bonds is 7. The summed E-state index contributed by atoms with van der Waals surface area (Å²) < 4.78 is 32.5. The van der Waals surface area contributed by atoms with E-state index in [1.54, 1.807) is 40.8 Å². The number of nitrogens with zero attached hydrogens (tertiary/aromatic N) is 3. The second-order valence-electron chi connectivity index (χ2n) is 7.22.